The lowest BCUT2D eigenvalue weighted by Crippen LogP contribution is -2.02. The number of rotatable bonds is 3. The van der Waals surface area contributed by atoms with E-state index in [0.29, 0.717) is 11.7 Å². The SMILES string of the molecule is CSc1nc(CN)cc(-c2ccco2)n1. The van der Waals surface area contributed by atoms with E-state index in [1.165, 1.54) is 11.8 Å². The molecule has 2 heterocycles. The Balaban J connectivity index is 2.47. The Kier molecular flexibility index (Phi) is 3.03. The second-order valence-electron chi connectivity index (χ2n) is 2.91. The van der Waals surface area contributed by atoms with Gasteiger partial charge in [0.25, 0.3) is 0 Å². The third-order valence-electron chi connectivity index (χ3n) is 1.92. The summed E-state index contributed by atoms with van der Waals surface area (Å²) in [5, 5.41) is 0.712. The Morgan fingerprint density at radius 2 is 2.33 bits per heavy atom. The smallest absolute Gasteiger partial charge is 0.188 e. The van der Waals surface area contributed by atoms with Crippen molar-refractivity contribution in [1.82, 2.24) is 9.97 Å². The van der Waals surface area contributed by atoms with E-state index in [9.17, 15) is 0 Å². The van der Waals surface area contributed by atoms with Gasteiger partial charge in [-0.25, -0.2) is 9.97 Å². The number of thioether (sulfide) groups is 1. The van der Waals surface area contributed by atoms with Crippen LogP contribution in [0.5, 0.6) is 0 Å². The standard InChI is InChI=1S/C10H11N3OS/c1-15-10-12-7(6-11)5-8(13-10)9-3-2-4-14-9/h2-5H,6,11H2,1H3. The van der Waals surface area contributed by atoms with Crippen LogP contribution >= 0.6 is 11.8 Å². The van der Waals surface area contributed by atoms with Gasteiger partial charge in [0.05, 0.1) is 12.0 Å². The van der Waals surface area contributed by atoms with Gasteiger partial charge in [-0.3, -0.25) is 0 Å². The fourth-order valence-electron chi connectivity index (χ4n) is 1.22. The summed E-state index contributed by atoms with van der Waals surface area (Å²) in [4.78, 5) is 8.61. The molecule has 0 spiro atoms. The molecule has 2 rings (SSSR count). The van der Waals surface area contributed by atoms with Crippen LogP contribution in [0.3, 0.4) is 0 Å². The minimum atomic E-state index is 0.407. The predicted octanol–water partition coefficient (Wildman–Crippen LogP) is 1.92. The van der Waals surface area contributed by atoms with Gasteiger partial charge >= 0.3 is 0 Å². The van der Waals surface area contributed by atoms with Crippen LogP contribution in [0.25, 0.3) is 11.5 Å². The molecule has 0 saturated heterocycles. The zero-order chi connectivity index (χ0) is 10.7. The van der Waals surface area contributed by atoms with E-state index in [2.05, 4.69) is 9.97 Å². The van der Waals surface area contributed by atoms with Crippen molar-refractivity contribution in [3.05, 3.63) is 30.2 Å². The highest BCUT2D eigenvalue weighted by Gasteiger charge is 2.07. The molecular weight excluding hydrogens is 210 g/mol. The number of hydrogen-bond donors (Lipinski definition) is 1. The molecule has 2 aromatic rings. The van der Waals surface area contributed by atoms with Crippen LogP contribution in [0.2, 0.25) is 0 Å². The summed E-state index contributed by atoms with van der Waals surface area (Å²) in [6, 6.07) is 5.55. The Hall–Kier alpha value is -1.33. The van der Waals surface area contributed by atoms with Gasteiger partial charge in [0, 0.05) is 6.54 Å². The Bertz CT molecular complexity index is 420. The summed E-state index contributed by atoms with van der Waals surface area (Å²) < 4.78 is 5.28. The van der Waals surface area contributed by atoms with Crippen LogP contribution in [-0.4, -0.2) is 16.2 Å². The van der Waals surface area contributed by atoms with E-state index < -0.39 is 0 Å². The number of aromatic nitrogens is 2. The average Bonchev–Trinajstić information content (AvgIpc) is 2.81. The van der Waals surface area contributed by atoms with Crippen LogP contribution in [0.15, 0.2) is 34.0 Å². The highest BCUT2D eigenvalue weighted by atomic mass is 32.2. The lowest BCUT2D eigenvalue weighted by molar-refractivity contribution is 0.578. The van der Waals surface area contributed by atoms with Gasteiger partial charge in [0.15, 0.2) is 10.9 Å². The topological polar surface area (TPSA) is 64.9 Å². The molecule has 0 fully saturated rings. The van der Waals surface area contributed by atoms with Gasteiger partial charge in [-0.1, -0.05) is 11.8 Å². The van der Waals surface area contributed by atoms with Crippen molar-refractivity contribution in [2.24, 2.45) is 5.73 Å². The highest BCUT2D eigenvalue weighted by Crippen LogP contribution is 2.20. The van der Waals surface area contributed by atoms with E-state index in [0.717, 1.165) is 17.1 Å². The molecule has 0 amide bonds. The summed E-state index contributed by atoms with van der Waals surface area (Å²) >= 11 is 1.49. The van der Waals surface area contributed by atoms with Gasteiger partial charge in [0.1, 0.15) is 5.69 Å². The predicted molar refractivity (Wildman–Crippen MR) is 59.4 cm³/mol. The van der Waals surface area contributed by atoms with E-state index in [1.807, 2.05) is 24.5 Å². The first-order valence-corrected chi connectivity index (χ1v) is 5.72. The third kappa shape index (κ3) is 2.19. The summed E-state index contributed by atoms with van der Waals surface area (Å²) in [7, 11) is 0. The maximum atomic E-state index is 5.57. The van der Waals surface area contributed by atoms with E-state index in [-0.39, 0.29) is 0 Å². The quantitative estimate of drug-likeness (QED) is 0.633. The van der Waals surface area contributed by atoms with Crippen LogP contribution in [0, 0.1) is 0 Å². The molecule has 0 aliphatic carbocycles. The number of furan rings is 1. The zero-order valence-electron chi connectivity index (χ0n) is 8.30. The van der Waals surface area contributed by atoms with Crippen molar-refractivity contribution in [2.45, 2.75) is 11.7 Å². The third-order valence-corrected chi connectivity index (χ3v) is 2.47. The molecule has 0 unspecified atom stereocenters. The molecule has 78 valence electrons. The minimum Gasteiger partial charge on any atom is -0.463 e. The maximum Gasteiger partial charge on any atom is 0.188 e. The van der Waals surface area contributed by atoms with Crippen LogP contribution < -0.4 is 5.73 Å². The van der Waals surface area contributed by atoms with E-state index >= 15 is 0 Å². The number of nitrogens with two attached hydrogens (primary N) is 1. The largest absolute Gasteiger partial charge is 0.463 e. The molecule has 2 aromatic heterocycles. The summed E-state index contributed by atoms with van der Waals surface area (Å²) in [6.45, 7) is 0.407. The van der Waals surface area contributed by atoms with E-state index in [4.69, 9.17) is 10.2 Å². The molecule has 0 atom stereocenters. The van der Waals surface area contributed by atoms with E-state index in [1.54, 1.807) is 6.26 Å². The van der Waals surface area contributed by atoms with Gasteiger partial charge in [-0.15, -0.1) is 0 Å². The molecule has 0 bridgehead atoms. The molecule has 5 heteroatoms. The van der Waals surface area contributed by atoms with Crippen LogP contribution in [0.4, 0.5) is 0 Å². The van der Waals surface area contributed by atoms with Crippen molar-refractivity contribution in [1.29, 1.82) is 0 Å². The molecule has 0 saturated carbocycles. The zero-order valence-corrected chi connectivity index (χ0v) is 9.12. The second kappa shape index (κ2) is 4.46. The summed E-state index contributed by atoms with van der Waals surface area (Å²) in [6.07, 6.45) is 3.56. The van der Waals surface area contributed by atoms with Gasteiger partial charge in [-0.05, 0) is 24.5 Å². The Morgan fingerprint density at radius 3 is 2.93 bits per heavy atom. The van der Waals surface area contributed by atoms with Crippen molar-refractivity contribution in [3.8, 4) is 11.5 Å². The lowest BCUT2D eigenvalue weighted by atomic mass is 10.3. The molecule has 4 nitrogen and oxygen atoms in total. The van der Waals surface area contributed by atoms with Crippen molar-refractivity contribution < 1.29 is 4.42 Å². The minimum absolute atomic E-state index is 0.407. The van der Waals surface area contributed by atoms with Gasteiger partial charge < -0.3 is 10.2 Å². The monoisotopic (exact) mass is 221 g/mol. The Morgan fingerprint density at radius 1 is 1.47 bits per heavy atom. The summed E-state index contributed by atoms with van der Waals surface area (Å²) in [5.74, 6) is 0.738. The molecule has 0 aromatic carbocycles. The summed E-state index contributed by atoms with van der Waals surface area (Å²) in [5.41, 5.74) is 7.16. The highest BCUT2D eigenvalue weighted by molar-refractivity contribution is 7.98. The normalized spacial score (nSPS) is 10.5. The molecule has 15 heavy (non-hydrogen) atoms. The lowest BCUT2D eigenvalue weighted by Gasteiger charge is -2.02. The van der Waals surface area contributed by atoms with Crippen LogP contribution in [0.1, 0.15) is 5.69 Å². The van der Waals surface area contributed by atoms with Crippen molar-refractivity contribution in [3.63, 3.8) is 0 Å². The van der Waals surface area contributed by atoms with Crippen molar-refractivity contribution >= 4 is 11.8 Å². The molecule has 0 aliphatic heterocycles. The van der Waals surface area contributed by atoms with Crippen LogP contribution in [-0.2, 0) is 6.54 Å². The first-order valence-electron chi connectivity index (χ1n) is 4.49. The molecule has 2 N–H and O–H groups in total. The van der Waals surface area contributed by atoms with Crippen molar-refractivity contribution in [2.75, 3.05) is 6.26 Å². The number of nitrogens with zero attached hydrogens (tertiary/aromatic N) is 2. The van der Waals surface area contributed by atoms with Gasteiger partial charge in [0.2, 0.25) is 0 Å². The number of hydrogen-bond acceptors (Lipinski definition) is 5. The molecular formula is C10H11N3OS. The first kappa shape index (κ1) is 10.2. The average molecular weight is 221 g/mol. The maximum absolute atomic E-state index is 5.57. The van der Waals surface area contributed by atoms with Gasteiger partial charge in [-0.2, -0.15) is 0 Å². The first-order chi connectivity index (χ1) is 7.33. The molecule has 0 radical (unpaired) electrons. The Labute approximate surface area is 91.9 Å². The second-order valence-corrected chi connectivity index (χ2v) is 3.69. The fourth-order valence-corrected chi connectivity index (χ4v) is 1.62. The molecule has 0 aliphatic rings. The fraction of sp³-hybridized carbons (Fsp3) is 0.200.